The first-order valence-electron chi connectivity index (χ1n) is 10.7. The number of carbonyl (C=O) groups is 1. The second-order valence-electron chi connectivity index (χ2n) is 7.75. The number of aromatic nitrogens is 4. The van der Waals surface area contributed by atoms with Crippen LogP contribution in [0.3, 0.4) is 0 Å². The van der Waals surface area contributed by atoms with Crippen LogP contribution in [0.25, 0.3) is 11.4 Å². The lowest BCUT2D eigenvalue weighted by atomic mass is 10.1. The predicted molar refractivity (Wildman–Crippen MR) is 132 cm³/mol. The lowest BCUT2D eigenvalue weighted by Gasteiger charge is -2.34. The van der Waals surface area contributed by atoms with E-state index < -0.39 is 11.7 Å². The number of carbonyl (C=O) groups excluding carboxylic acids is 1. The zero-order chi connectivity index (χ0) is 24.9. The number of ether oxygens (including phenoxy) is 1. The Hall–Kier alpha value is -3.83. The third kappa shape index (κ3) is 5.64. The summed E-state index contributed by atoms with van der Waals surface area (Å²) in [6, 6.07) is 7.40. The van der Waals surface area contributed by atoms with Crippen molar-refractivity contribution in [2.45, 2.75) is 6.10 Å². The average molecular weight is 499 g/mol. The number of hydrogen-bond donors (Lipinski definition) is 2. The fourth-order valence-electron chi connectivity index (χ4n) is 3.61. The minimum Gasteiger partial charge on any atom is -0.404 e. The van der Waals surface area contributed by atoms with E-state index in [1.54, 1.807) is 43.3 Å². The Bertz CT molecular complexity index is 1290. The normalized spacial score (nSPS) is 16.6. The molecule has 3 N–H and O–H groups in total. The molecule has 1 unspecified atom stereocenters. The van der Waals surface area contributed by atoms with E-state index in [4.69, 9.17) is 22.1 Å². The zero-order valence-electron chi connectivity index (χ0n) is 19.2. The summed E-state index contributed by atoms with van der Waals surface area (Å²) in [5.74, 6) is -0.254. The molecule has 4 rings (SSSR count). The highest BCUT2D eigenvalue weighted by atomic mass is 35.5. The van der Waals surface area contributed by atoms with E-state index in [-0.39, 0.29) is 28.2 Å². The van der Waals surface area contributed by atoms with E-state index in [1.807, 2.05) is 4.90 Å². The third-order valence-corrected chi connectivity index (χ3v) is 5.54. The Morgan fingerprint density at radius 2 is 2.17 bits per heavy atom. The Morgan fingerprint density at radius 3 is 2.86 bits per heavy atom. The van der Waals surface area contributed by atoms with Crippen LogP contribution in [-0.4, -0.2) is 64.7 Å². The van der Waals surface area contributed by atoms with Crippen LogP contribution in [0.5, 0.6) is 0 Å². The van der Waals surface area contributed by atoms with Crippen LogP contribution in [0.15, 0.2) is 53.3 Å². The molecular formula is C23H24ClFN8O2. The van der Waals surface area contributed by atoms with Gasteiger partial charge in [0.1, 0.15) is 23.4 Å². The molecule has 10 nitrogen and oxygen atoms in total. The van der Waals surface area contributed by atoms with Gasteiger partial charge in [-0.1, -0.05) is 11.6 Å². The topological polar surface area (TPSA) is 124 Å². The van der Waals surface area contributed by atoms with Crippen molar-refractivity contribution in [3.05, 3.63) is 64.8 Å². The molecule has 1 aliphatic rings. The fraction of sp³-hybridized carbons (Fsp3) is 0.261. The van der Waals surface area contributed by atoms with Crippen LogP contribution in [-0.2, 0) is 11.8 Å². The number of nitrogens with one attached hydrogen (secondary N) is 1. The minimum atomic E-state index is -0.599. The first-order chi connectivity index (χ1) is 16.9. The summed E-state index contributed by atoms with van der Waals surface area (Å²) >= 11 is 5.91. The van der Waals surface area contributed by atoms with Crippen molar-refractivity contribution < 1.29 is 13.9 Å². The molecule has 3 aromatic rings. The number of nitrogens with zero attached hydrogens (tertiary/aromatic N) is 6. The number of aliphatic imine (C=N–C) groups is 1. The fourth-order valence-corrected chi connectivity index (χ4v) is 3.77. The molecule has 0 aliphatic carbocycles. The van der Waals surface area contributed by atoms with Gasteiger partial charge in [-0.2, -0.15) is 5.10 Å². The van der Waals surface area contributed by atoms with Gasteiger partial charge >= 0.3 is 0 Å². The first-order valence-corrected chi connectivity index (χ1v) is 11.1. The first kappa shape index (κ1) is 24.3. The van der Waals surface area contributed by atoms with Gasteiger partial charge < -0.3 is 20.7 Å². The molecule has 0 saturated carbocycles. The molecule has 1 atom stereocenters. The average Bonchev–Trinajstić information content (AvgIpc) is 3.26. The van der Waals surface area contributed by atoms with Crippen molar-refractivity contribution in [3.63, 3.8) is 0 Å². The number of halogens is 2. The van der Waals surface area contributed by atoms with Crippen LogP contribution in [0.4, 0.5) is 16.0 Å². The molecule has 0 radical (unpaired) electrons. The van der Waals surface area contributed by atoms with E-state index in [0.717, 1.165) is 0 Å². The summed E-state index contributed by atoms with van der Waals surface area (Å²) in [7, 11) is 3.38. The maximum Gasteiger partial charge on any atom is 0.275 e. The molecule has 35 heavy (non-hydrogen) atoms. The van der Waals surface area contributed by atoms with Gasteiger partial charge in [0, 0.05) is 68.5 Å². The molecule has 3 heterocycles. The van der Waals surface area contributed by atoms with Gasteiger partial charge in [-0.25, -0.2) is 14.4 Å². The van der Waals surface area contributed by atoms with Crippen molar-refractivity contribution in [1.82, 2.24) is 19.7 Å². The van der Waals surface area contributed by atoms with Crippen molar-refractivity contribution in [3.8, 4) is 11.4 Å². The van der Waals surface area contributed by atoms with Gasteiger partial charge in [0.05, 0.1) is 12.2 Å². The molecular weight excluding hydrogens is 475 g/mol. The summed E-state index contributed by atoms with van der Waals surface area (Å²) in [6.45, 7) is 1.29. The molecule has 0 spiro atoms. The number of morpholine rings is 1. The summed E-state index contributed by atoms with van der Waals surface area (Å²) in [4.78, 5) is 27.9. The number of benzene rings is 1. The largest absolute Gasteiger partial charge is 0.404 e. The summed E-state index contributed by atoms with van der Waals surface area (Å²) in [5.41, 5.74) is 6.64. The van der Waals surface area contributed by atoms with Gasteiger partial charge in [0.15, 0.2) is 11.6 Å². The number of anilines is 2. The highest BCUT2D eigenvalue weighted by molar-refractivity contribution is 6.30. The van der Waals surface area contributed by atoms with Crippen LogP contribution in [0.2, 0.25) is 5.02 Å². The van der Waals surface area contributed by atoms with Crippen LogP contribution in [0.1, 0.15) is 10.5 Å². The monoisotopic (exact) mass is 498 g/mol. The van der Waals surface area contributed by atoms with Crippen LogP contribution in [0, 0.1) is 5.82 Å². The number of nitrogens with two attached hydrogens (primary N) is 1. The summed E-state index contributed by atoms with van der Waals surface area (Å²) < 4.78 is 22.2. The van der Waals surface area contributed by atoms with Crippen molar-refractivity contribution in [2.24, 2.45) is 17.8 Å². The molecule has 1 amide bonds. The number of rotatable bonds is 6. The molecule has 12 heteroatoms. The Balaban J connectivity index is 1.72. The molecule has 1 saturated heterocycles. The molecule has 1 aromatic carbocycles. The lowest BCUT2D eigenvalue weighted by molar-refractivity contribution is 0.0676. The highest BCUT2D eigenvalue weighted by Crippen LogP contribution is 2.27. The Kier molecular flexibility index (Phi) is 7.37. The molecule has 1 fully saturated rings. The third-order valence-electron chi connectivity index (χ3n) is 5.31. The van der Waals surface area contributed by atoms with E-state index in [9.17, 15) is 9.18 Å². The predicted octanol–water partition coefficient (Wildman–Crippen LogP) is 2.67. The van der Waals surface area contributed by atoms with E-state index in [2.05, 4.69) is 25.4 Å². The maximum absolute atomic E-state index is 14.7. The Morgan fingerprint density at radius 1 is 1.34 bits per heavy atom. The highest BCUT2D eigenvalue weighted by Gasteiger charge is 2.26. The van der Waals surface area contributed by atoms with E-state index in [1.165, 1.54) is 24.4 Å². The lowest BCUT2D eigenvalue weighted by Crippen LogP contribution is -2.44. The van der Waals surface area contributed by atoms with E-state index in [0.29, 0.717) is 36.9 Å². The van der Waals surface area contributed by atoms with Gasteiger partial charge in [-0.15, -0.1) is 0 Å². The van der Waals surface area contributed by atoms with Crippen LogP contribution >= 0.6 is 11.6 Å². The summed E-state index contributed by atoms with van der Waals surface area (Å²) in [6.07, 6.45) is 4.43. The Labute approximate surface area is 206 Å². The zero-order valence-corrected chi connectivity index (χ0v) is 19.9. The number of aryl methyl sites for hydroxylation is 1. The number of hydrogen-bond acceptors (Lipinski definition) is 8. The van der Waals surface area contributed by atoms with Gasteiger partial charge in [-0.05, 0) is 18.2 Å². The standard InChI is InChI=1S/C23H24ClFN8O2/c1-27-12-14(11-26)19-13-33(7-8-35-19)21-10-18(23(34)29-20-5-6-32(2)31-20)28-22(30-21)16-4-3-15(24)9-17(16)25/h3-6,9-12,19H,7-8,13,26H2,1-2H3,(H,29,31,34)/b14-11+,27-12?. The van der Waals surface area contributed by atoms with E-state index >= 15 is 0 Å². The van der Waals surface area contributed by atoms with Crippen molar-refractivity contribution in [2.75, 3.05) is 37.0 Å². The second kappa shape index (κ2) is 10.6. The molecule has 2 aromatic heterocycles. The molecule has 0 bridgehead atoms. The summed E-state index contributed by atoms with van der Waals surface area (Å²) in [5, 5.41) is 7.10. The van der Waals surface area contributed by atoms with Crippen LogP contribution < -0.4 is 16.0 Å². The van der Waals surface area contributed by atoms with Gasteiger partial charge in [-0.3, -0.25) is 14.5 Å². The molecule has 182 valence electrons. The number of amides is 1. The van der Waals surface area contributed by atoms with Crippen molar-refractivity contribution in [1.29, 1.82) is 0 Å². The quantitative estimate of drug-likeness (QED) is 0.501. The second-order valence-corrected chi connectivity index (χ2v) is 8.18. The van der Waals surface area contributed by atoms with Gasteiger partial charge in [0.2, 0.25) is 0 Å². The van der Waals surface area contributed by atoms with Crippen molar-refractivity contribution >= 4 is 35.4 Å². The molecule has 1 aliphatic heterocycles. The minimum absolute atomic E-state index is 0.0515. The van der Waals surface area contributed by atoms with Gasteiger partial charge in [0.25, 0.3) is 5.91 Å². The maximum atomic E-state index is 14.7. The SMILES string of the molecule is CN=C/C(=C\N)C1CN(c2cc(C(=O)Nc3ccn(C)n3)nc(-c3ccc(Cl)cc3F)n2)CCO1. The smallest absolute Gasteiger partial charge is 0.275 e.